The van der Waals surface area contributed by atoms with Crippen molar-refractivity contribution in [1.82, 2.24) is 0 Å². The number of unbranched alkanes of at least 4 members (excludes halogenated alkanes) is 32. The van der Waals surface area contributed by atoms with Gasteiger partial charge in [-0.3, -0.25) is 19.2 Å². The normalized spacial score (nSPS) is 21.2. The van der Waals surface area contributed by atoms with E-state index in [-0.39, 0.29) is 26.6 Å². The molecule has 2 rings (SSSR count). The Morgan fingerprint density at radius 1 is 0.425 bits per heavy atom. The molecule has 7 atom stereocenters. The Kier molecular flexibility index (Phi) is 43.3. The Labute approximate surface area is 466 Å². The van der Waals surface area contributed by atoms with E-state index in [9.17, 15) is 27.6 Å². The molecular weight excluding hydrogens is 1010 g/mol. The quantitative estimate of drug-likeness (QED) is 0.0539. The van der Waals surface area contributed by atoms with E-state index in [0.29, 0.717) is 50.7 Å². The van der Waals surface area contributed by atoms with Gasteiger partial charge in [0.1, 0.15) is 9.84 Å². The van der Waals surface area contributed by atoms with Crippen molar-refractivity contribution in [1.29, 1.82) is 0 Å². The number of carbonyl (C=O) groups excluding carboxylic acids is 4. The van der Waals surface area contributed by atoms with Gasteiger partial charge in [0.05, 0.1) is 28.0 Å². The third kappa shape index (κ3) is 35.2. The second kappa shape index (κ2) is 45.8. The molecule has 0 aromatic carbocycles. The lowest BCUT2D eigenvalue weighted by molar-refractivity contribution is -0.201. The second-order valence-electron chi connectivity index (χ2n) is 21.9. The van der Waals surface area contributed by atoms with Crippen LogP contribution in [-0.4, -0.2) is 80.4 Å². The molecule has 13 heteroatoms. The summed E-state index contributed by atoms with van der Waals surface area (Å²) in [5.74, 6) is 0.322. The van der Waals surface area contributed by atoms with Crippen LogP contribution in [0.3, 0.4) is 0 Å². The van der Waals surface area contributed by atoms with Gasteiger partial charge in [0.15, 0.2) is 26.8 Å². The zero-order valence-electron chi connectivity index (χ0n) is 47.5. The summed E-state index contributed by atoms with van der Waals surface area (Å²) in [5.41, 5.74) is 0. The highest BCUT2D eigenvalue weighted by Crippen LogP contribution is 2.46. The Balaban J connectivity index is 2.38. The summed E-state index contributed by atoms with van der Waals surface area (Å²) < 4.78 is 39.3. The van der Waals surface area contributed by atoms with E-state index in [1.165, 1.54) is 207 Å². The lowest BCUT2D eigenvalue weighted by Crippen LogP contribution is -2.56. The number of sulfone groups is 1. The molecule has 0 radical (unpaired) electrons. The van der Waals surface area contributed by atoms with E-state index in [4.69, 9.17) is 9.47 Å². The molecule has 0 amide bonds. The van der Waals surface area contributed by atoms with Crippen LogP contribution >= 0.6 is 47.0 Å². The number of thioether (sulfide) groups is 4. The molecule has 0 aromatic rings. The Hall–Kier alpha value is -0.0500. The Morgan fingerprint density at radius 2 is 0.740 bits per heavy atom. The zero-order valence-corrected chi connectivity index (χ0v) is 51.5. The van der Waals surface area contributed by atoms with Gasteiger partial charge in [-0.1, -0.05) is 280 Å². The van der Waals surface area contributed by atoms with E-state index in [1.807, 2.05) is 0 Å². The van der Waals surface area contributed by atoms with Crippen molar-refractivity contribution in [2.45, 2.75) is 343 Å². The van der Waals surface area contributed by atoms with Crippen molar-refractivity contribution in [3.05, 3.63) is 0 Å². The lowest BCUT2D eigenvalue weighted by atomic mass is 10.1. The summed E-state index contributed by atoms with van der Waals surface area (Å²) in [6.45, 7) is 8.96. The second-order valence-corrected chi connectivity index (χ2v) is 29.0. The number of hydrogen-bond donors (Lipinski definition) is 0. The SMILES string of the molecule is CCCCCCCCCCCC(=O)SC[C@H]1O[C@H](OC2CCC(S(C)(=O)=O)C2)[C@@H](SC(=O)CCCCCCCCCCC)[C@H](SC(=O)CCCCCCCCCCC)[C@H]1SC(=O)CCCCCCCCCCC. The first kappa shape index (κ1) is 69.1. The van der Waals surface area contributed by atoms with Gasteiger partial charge in [0, 0.05) is 42.9 Å². The maximum atomic E-state index is 14.3. The number of hydrogen-bond acceptors (Lipinski definition) is 12. The summed E-state index contributed by atoms with van der Waals surface area (Å²) in [4.78, 5) is 56.3. The highest BCUT2D eigenvalue weighted by Gasteiger charge is 2.51. The van der Waals surface area contributed by atoms with E-state index in [1.54, 1.807) is 0 Å². The van der Waals surface area contributed by atoms with Crippen LogP contribution in [0, 0.1) is 0 Å². The van der Waals surface area contributed by atoms with Gasteiger partial charge >= 0.3 is 0 Å². The molecule has 1 heterocycles. The molecule has 2 unspecified atom stereocenters. The molecule has 428 valence electrons. The smallest absolute Gasteiger partial charge is 0.189 e. The molecule has 0 aromatic heterocycles. The first-order chi connectivity index (χ1) is 35.4. The molecule has 0 spiro atoms. The van der Waals surface area contributed by atoms with E-state index in [0.717, 1.165) is 77.0 Å². The van der Waals surface area contributed by atoms with E-state index < -0.39 is 43.2 Å². The molecule has 0 bridgehead atoms. The van der Waals surface area contributed by atoms with Crippen LogP contribution in [0.1, 0.15) is 304 Å². The summed E-state index contributed by atoms with van der Waals surface area (Å²) in [6, 6.07) is 0. The van der Waals surface area contributed by atoms with Crippen LogP contribution < -0.4 is 0 Å². The fraction of sp³-hybridized carbons (Fsp3) is 0.933. The third-order valence-corrected chi connectivity index (χ3v) is 21.9. The summed E-state index contributed by atoms with van der Waals surface area (Å²) in [7, 11) is -3.28. The van der Waals surface area contributed by atoms with Crippen molar-refractivity contribution < 1.29 is 37.1 Å². The van der Waals surface area contributed by atoms with E-state index >= 15 is 0 Å². The van der Waals surface area contributed by atoms with Crippen LogP contribution in [0.2, 0.25) is 0 Å². The monoisotopic (exact) mass is 1120 g/mol. The van der Waals surface area contributed by atoms with Gasteiger partial charge in [0.25, 0.3) is 0 Å². The minimum Gasteiger partial charge on any atom is -0.348 e. The fourth-order valence-electron chi connectivity index (χ4n) is 10.3. The van der Waals surface area contributed by atoms with Crippen LogP contribution in [0.25, 0.3) is 0 Å². The maximum Gasteiger partial charge on any atom is 0.189 e. The standard InChI is InChI=1S/C60H110O8S5/c1-6-10-14-18-22-26-30-34-38-42-53(61)69-49-52-57(70-54(62)43-39-35-31-27-23-19-15-11-7-2)58(71-55(63)44-40-36-32-28-24-20-16-12-8-3)59(60(68-52)67-50-46-47-51(48-50)73(5,65)66)72-56(64)45-41-37-33-29-25-21-17-13-9-4/h50-52,57-60H,6-49H2,1-5H3/t50?,51?,52-,57+,58-,59+,60+/m1/s1. The Morgan fingerprint density at radius 3 is 1.08 bits per heavy atom. The van der Waals surface area contributed by atoms with Crippen molar-refractivity contribution in [2.75, 3.05) is 12.0 Å². The molecular formula is C60H110O8S5. The lowest BCUT2D eigenvalue weighted by Gasteiger charge is -2.46. The summed E-state index contributed by atoms with van der Waals surface area (Å²) in [5, 5.41) is -1.76. The molecule has 2 aliphatic rings. The number of ether oxygens (including phenoxy) is 2. The first-order valence-corrected chi connectivity index (χ1v) is 36.2. The minimum atomic E-state index is -3.28. The number of carbonyl (C=O) groups is 4. The largest absolute Gasteiger partial charge is 0.348 e. The summed E-state index contributed by atoms with van der Waals surface area (Å²) >= 11 is 5.05. The molecule has 1 aliphatic heterocycles. The van der Waals surface area contributed by atoms with Gasteiger partial charge in [0.2, 0.25) is 0 Å². The topological polar surface area (TPSA) is 121 Å². The molecule has 1 aliphatic carbocycles. The molecule has 1 saturated heterocycles. The van der Waals surface area contributed by atoms with Crippen molar-refractivity contribution in [2.24, 2.45) is 0 Å². The average molecular weight is 1120 g/mol. The van der Waals surface area contributed by atoms with Gasteiger partial charge in [-0.15, -0.1) is 0 Å². The minimum absolute atomic E-state index is 0.0382. The highest BCUT2D eigenvalue weighted by atomic mass is 32.2. The van der Waals surface area contributed by atoms with Crippen molar-refractivity contribution in [3.63, 3.8) is 0 Å². The molecule has 73 heavy (non-hydrogen) atoms. The predicted octanol–water partition coefficient (Wildman–Crippen LogP) is 18.5. The predicted molar refractivity (Wildman–Crippen MR) is 320 cm³/mol. The highest BCUT2D eigenvalue weighted by molar-refractivity contribution is 8.19. The number of rotatable bonds is 48. The van der Waals surface area contributed by atoms with Crippen molar-refractivity contribution in [3.8, 4) is 0 Å². The van der Waals surface area contributed by atoms with Crippen LogP contribution in [0.4, 0.5) is 0 Å². The Bertz CT molecular complexity index is 1510. The van der Waals surface area contributed by atoms with Crippen LogP contribution in [0.15, 0.2) is 0 Å². The van der Waals surface area contributed by atoms with E-state index in [2.05, 4.69) is 27.7 Å². The maximum absolute atomic E-state index is 14.3. The first-order valence-electron chi connectivity index (χ1n) is 30.7. The van der Waals surface area contributed by atoms with Gasteiger partial charge < -0.3 is 9.47 Å². The average Bonchev–Trinajstić information content (AvgIpc) is 3.85. The molecule has 1 saturated carbocycles. The molecule has 8 nitrogen and oxygen atoms in total. The van der Waals surface area contributed by atoms with Crippen molar-refractivity contribution >= 4 is 77.3 Å². The summed E-state index contributed by atoms with van der Waals surface area (Å²) in [6.07, 6.45) is 44.4. The zero-order chi connectivity index (χ0) is 53.2. The van der Waals surface area contributed by atoms with Crippen LogP contribution in [-0.2, 0) is 38.5 Å². The molecule has 0 N–H and O–H groups in total. The van der Waals surface area contributed by atoms with Crippen LogP contribution in [0.5, 0.6) is 0 Å². The van der Waals surface area contributed by atoms with Gasteiger partial charge in [-0.2, -0.15) is 0 Å². The molecule has 2 fully saturated rings. The fourth-order valence-corrected chi connectivity index (χ4v) is 16.7. The van der Waals surface area contributed by atoms with Gasteiger partial charge in [-0.25, -0.2) is 8.42 Å². The van der Waals surface area contributed by atoms with Gasteiger partial charge in [-0.05, 0) is 44.9 Å². The third-order valence-electron chi connectivity index (χ3n) is 15.0.